The third kappa shape index (κ3) is 3.75. The predicted octanol–water partition coefficient (Wildman–Crippen LogP) is 5.67. The zero-order valence-corrected chi connectivity index (χ0v) is 15.6. The van der Waals surface area contributed by atoms with Crippen LogP contribution in [0.5, 0.6) is 23.0 Å². The minimum absolute atomic E-state index is 0.741. The molecule has 4 heteroatoms. The Labute approximate surface area is 154 Å². The summed E-state index contributed by atoms with van der Waals surface area (Å²) in [4.78, 5) is 0. The van der Waals surface area contributed by atoms with Gasteiger partial charge in [0.05, 0.1) is 0 Å². The van der Waals surface area contributed by atoms with Crippen molar-refractivity contribution >= 4 is 11.4 Å². The minimum Gasteiger partial charge on any atom is -0.457 e. The van der Waals surface area contributed by atoms with Crippen LogP contribution in [-0.4, -0.2) is 0 Å². The van der Waals surface area contributed by atoms with E-state index >= 15 is 0 Å². The molecule has 4 N–H and O–H groups in total. The lowest BCUT2D eigenvalue weighted by atomic mass is 10.1. The summed E-state index contributed by atoms with van der Waals surface area (Å²) in [6.45, 7) is 7.96. The van der Waals surface area contributed by atoms with Gasteiger partial charge in [-0.25, -0.2) is 0 Å². The lowest BCUT2D eigenvalue weighted by molar-refractivity contribution is 0.462. The molecule has 3 aromatic carbocycles. The van der Waals surface area contributed by atoms with Crippen LogP contribution in [0.4, 0.5) is 11.4 Å². The quantitative estimate of drug-likeness (QED) is 0.596. The van der Waals surface area contributed by atoms with Gasteiger partial charge in [-0.3, -0.25) is 0 Å². The van der Waals surface area contributed by atoms with Crippen LogP contribution in [0.15, 0.2) is 48.5 Å². The van der Waals surface area contributed by atoms with Crippen LogP contribution in [0.25, 0.3) is 0 Å². The van der Waals surface area contributed by atoms with Crippen molar-refractivity contribution < 1.29 is 9.47 Å². The van der Waals surface area contributed by atoms with Crippen molar-refractivity contribution in [2.45, 2.75) is 27.7 Å². The van der Waals surface area contributed by atoms with E-state index in [1.807, 2.05) is 76.2 Å². The second kappa shape index (κ2) is 7.00. The van der Waals surface area contributed by atoms with Crippen LogP contribution < -0.4 is 20.9 Å². The molecular weight excluding hydrogens is 324 g/mol. The largest absolute Gasteiger partial charge is 0.457 e. The highest BCUT2D eigenvalue weighted by atomic mass is 16.5. The Morgan fingerprint density at radius 3 is 1.08 bits per heavy atom. The summed E-state index contributed by atoms with van der Waals surface area (Å²) in [6, 6.07) is 15.2. The van der Waals surface area contributed by atoms with E-state index in [1.165, 1.54) is 0 Å². The van der Waals surface area contributed by atoms with E-state index in [9.17, 15) is 0 Å². The van der Waals surface area contributed by atoms with Gasteiger partial charge in [0, 0.05) is 11.4 Å². The van der Waals surface area contributed by atoms with Gasteiger partial charge in [-0.15, -0.1) is 0 Å². The number of ether oxygens (including phenoxy) is 2. The van der Waals surface area contributed by atoms with Crippen molar-refractivity contribution in [2.75, 3.05) is 11.5 Å². The number of nitrogens with two attached hydrogens (primary N) is 2. The van der Waals surface area contributed by atoms with E-state index in [1.54, 1.807) is 0 Å². The molecule has 0 bridgehead atoms. The second-order valence-electron chi connectivity index (χ2n) is 6.64. The Morgan fingerprint density at radius 2 is 0.808 bits per heavy atom. The first-order valence-electron chi connectivity index (χ1n) is 8.52. The Kier molecular flexibility index (Phi) is 4.76. The van der Waals surface area contributed by atoms with Crippen molar-refractivity contribution in [1.82, 2.24) is 0 Å². The van der Waals surface area contributed by atoms with Gasteiger partial charge in [0.2, 0.25) is 0 Å². The number of anilines is 2. The number of benzene rings is 3. The van der Waals surface area contributed by atoms with Gasteiger partial charge in [0.1, 0.15) is 23.0 Å². The summed E-state index contributed by atoms with van der Waals surface area (Å²) in [5, 5.41) is 0. The molecule has 0 heterocycles. The topological polar surface area (TPSA) is 70.5 Å². The molecule has 3 rings (SSSR count). The fraction of sp³-hybridized carbons (Fsp3) is 0.182. The van der Waals surface area contributed by atoms with Crippen LogP contribution in [0.1, 0.15) is 22.3 Å². The Morgan fingerprint density at radius 1 is 0.538 bits per heavy atom. The molecule has 0 amide bonds. The summed E-state index contributed by atoms with van der Waals surface area (Å²) >= 11 is 0. The molecular formula is C22H24N2O2. The average molecular weight is 348 g/mol. The highest BCUT2D eigenvalue weighted by molar-refractivity contribution is 5.55. The number of hydrogen-bond donors (Lipinski definition) is 2. The smallest absolute Gasteiger partial charge is 0.133 e. The minimum atomic E-state index is 0.741. The van der Waals surface area contributed by atoms with Crippen LogP contribution in [-0.2, 0) is 0 Å². The Balaban J connectivity index is 1.80. The van der Waals surface area contributed by atoms with E-state index in [-0.39, 0.29) is 0 Å². The monoisotopic (exact) mass is 348 g/mol. The predicted molar refractivity (Wildman–Crippen MR) is 107 cm³/mol. The number of hydrogen-bond acceptors (Lipinski definition) is 4. The van der Waals surface area contributed by atoms with E-state index in [2.05, 4.69) is 0 Å². The van der Waals surface area contributed by atoms with Crippen LogP contribution in [0, 0.1) is 27.7 Å². The Hall–Kier alpha value is -3.14. The lowest BCUT2D eigenvalue weighted by Crippen LogP contribution is -1.95. The molecule has 0 aromatic heterocycles. The van der Waals surface area contributed by atoms with Gasteiger partial charge in [0.25, 0.3) is 0 Å². The molecule has 0 aliphatic heterocycles. The van der Waals surface area contributed by atoms with Gasteiger partial charge >= 0.3 is 0 Å². The first-order valence-corrected chi connectivity index (χ1v) is 8.52. The number of aryl methyl sites for hydroxylation is 4. The fourth-order valence-electron chi connectivity index (χ4n) is 3.10. The van der Waals surface area contributed by atoms with Crippen molar-refractivity contribution in [3.63, 3.8) is 0 Å². The molecule has 4 nitrogen and oxygen atoms in total. The maximum atomic E-state index is 6.04. The van der Waals surface area contributed by atoms with Crippen molar-refractivity contribution in [3.8, 4) is 23.0 Å². The molecule has 3 aromatic rings. The maximum absolute atomic E-state index is 6.04. The van der Waals surface area contributed by atoms with E-state index in [0.717, 1.165) is 56.6 Å². The van der Waals surface area contributed by atoms with E-state index < -0.39 is 0 Å². The van der Waals surface area contributed by atoms with Crippen LogP contribution >= 0.6 is 0 Å². The highest BCUT2D eigenvalue weighted by Gasteiger charge is 2.09. The van der Waals surface area contributed by atoms with Crippen molar-refractivity contribution in [1.29, 1.82) is 0 Å². The maximum Gasteiger partial charge on any atom is 0.133 e. The summed E-state index contributed by atoms with van der Waals surface area (Å²) < 4.78 is 12.1. The summed E-state index contributed by atoms with van der Waals surface area (Å²) in [7, 11) is 0. The molecule has 0 spiro atoms. The molecule has 26 heavy (non-hydrogen) atoms. The second-order valence-corrected chi connectivity index (χ2v) is 6.64. The van der Waals surface area contributed by atoms with Gasteiger partial charge in [-0.05, 0) is 98.5 Å². The van der Waals surface area contributed by atoms with E-state index in [4.69, 9.17) is 20.9 Å². The summed E-state index contributed by atoms with van der Waals surface area (Å²) in [5.74, 6) is 3.16. The zero-order valence-electron chi connectivity index (χ0n) is 15.6. The molecule has 0 aliphatic rings. The van der Waals surface area contributed by atoms with Crippen molar-refractivity contribution in [3.05, 3.63) is 70.8 Å². The van der Waals surface area contributed by atoms with Gasteiger partial charge < -0.3 is 20.9 Å². The normalized spacial score (nSPS) is 10.6. The van der Waals surface area contributed by atoms with Crippen LogP contribution in [0.3, 0.4) is 0 Å². The third-order valence-electron chi connectivity index (χ3n) is 4.23. The van der Waals surface area contributed by atoms with Gasteiger partial charge in [0.15, 0.2) is 0 Å². The van der Waals surface area contributed by atoms with Crippen LogP contribution in [0.2, 0.25) is 0 Å². The molecule has 0 saturated heterocycles. The standard InChI is InChI=1S/C22H24N2O2/c1-13-9-17(23)10-14(2)21(13)25-19-5-7-20(8-6-19)26-22-15(3)11-18(24)12-16(22)4/h5-12H,23-24H2,1-4H3. The van der Waals surface area contributed by atoms with Gasteiger partial charge in [-0.1, -0.05) is 0 Å². The number of nitrogen functional groups attached to an aromatic ring is 2. The van der Waals surface area contributed by atoms with Gasteiger partial charge in [-0.2, -0.15) is 0 Å². The summed E-state index contributed by atoms with van der Waals surface area (Å²) in [5.41, 5.74) is 17.3. The Bertz CT molecular complexity index is 822. The average Bonchev–Trinajstić information content (AvgIpc) is 2.55. The summed E-state index contributed by atoms with van der Waals surface area (Å²) in [6.07, 6.45) is 0. The molecule has 0 radical (unpaired) electrons. The first kappa shape index (κ1) is 17.7. The van der Waals surface area contributed by atoms with Crippen molar-refractivity contribution in [2.24, 2.45) is 0 Å². The molecule has 134 valence electrons. The van der Waals surface area contributed by atoms with E-state index in [0.29, 0.717) is 0 Å². The molecule has 0 aliphatic carbocycles. The third-order valence-corrected chi connectivity index (χ3v) is 4.23. The zero-order chi connectivity index (χ0) is 18.8. The molecule has 0 fully saturated rings. The molecule has 0 atom stereocenters. The first-order chi connectivity index (χ1) is 12.3. The molecule has 0 saturated carbocycles. The lowest BCUT2D eigenvalue weighted by Gasteiger charge is -2.15. The highest BCUT2D eigenvalue weighted by Crippen LogP contribution is 2.34. The SMILES string of the molecule is Cc1cc(N)cc(C)c1Oc1ccc(Oc2c(C)cc(N)cc2C)cc1. The number of rotatable bonds is 4. The fourth-order valence-corrected chi connectivity index (χ4v) is 3.10. The molecule has 0 unspecified atom stereocenters.